The quantitative estimate of drug-likeness (QED) is 0.886. The van der Waals surface area contributed by atoms with Gasteiger partial charge in [-0.2, -0.15) is 0 Å². The normalized spacial score (nSPS) is 16.8. The first kappa shape index (κ1) is 13.1. The molecule has 1 aliphatic rings. The molecule has 5 nitrogen and oxygen atoms in total. The number of hydrogen-bond acceptors (Lipinski definition) is 4. The summed E-state index contributed by atoms with van der Waals surface area (Å²) in [6.07, 6.45) is 5.84. The van der Waals surface area contributed by atoms with Gasteiger partial charge >= 0.3 is 0 Å². The molecule has 0 radical (unpaired) electrons. The monoisotopic (exact) mass is 312 g/mol. The number of nitrogens with two attached hydrogens (primary N) is 2. The van der Waals surface area contributed by atoms with Crippen LogP contribution in [0, 0.1) is 5.92 Å². The zero-order valence-corrected chi connectivity index (χ0v) is 11.7. The number of nitrogens with zero attached hydrogens (tertiary/aromatic N) is 2. The summed E-state index contributed by atoms with van der Waals surface area (Å²) in [6, 6.07) is 0. The fourth-order valence-corrected chi connectivity index (χ4v) is 3.02. The summed E-state index contributed by atoms with van der Waals surface area (Å²) in [6.45, 7) is 1.79. The topological polar surface area (TPSA) is 85.2 Å². The fourth-order valence-electron chi connectivity index (χ4n) is 2.42. The molecular weight excluding hydrogens is 296 g/mol. The Labute approximate surface area is 115 Å². The third kappa shape index (κ3) is 2.93. The number of carbonyl (C=O) groups is 1. The maximum absolute atomic E-state index is 10.9. The van der Waals surface area contributed by atoms with Crippen LogP contribution in [0.3, 0.4) is 0 Å². The van der Waals surface area contributed by atoms with Gasteiger partial charge in [-0.25, -0.2) is 0 Å². The molecule has 1 fully saturated rings. The summed E-state index contributed by atoms with van der Waals surface area (Å²) in [5.41, 5.74) is 12.9. The van der Waals surface area contributed by atoms with Crippen molar-refractivity contribution in [2.24, 2.45) is 11.7 Å². The Hall–Kier alpha value is -1.30. The molecule has 0 atom stereocenters. The Morgan fingerprint density at radius 3 is 2.67 bits per heavy atom. The molecule has 0 saturated carbocycles. The number of pyridine rings is 1. The van der Waals surface area contributed by atoms with Crippen molar-refractivity contribution in [1.29, 1.82) is 0 Å². The number of amides is 1. The Morgan fingerprint density at radius 1 is 1.44 bits per heavy atom. The third-order valence-corrected chi connectivity index (χ3v) is 3.90. The average molecular weight is 313 g/mol. The second-order valence-corrected chi connectivity index (χ2v) is 5.51. The summed E-state index contributed by atoms with van der Waals surface area (Å²) >= 11 is 3.48. The van der Waals surface area contributed by atoms with Crippen molar-refractivity contribution in [2.75, 3.05) is 23.7 Å². The zero-order valence-electron chi connectivity index (χ0n) is 10.1. The maximum atomic E-state index is 10.9. The highest BCUT2D eigenvalue weighted by molar-refractivity contribution is 9.10. The van der Waals surface area contributed by atoms with Gasteiger partial charge in [-0.1, -0.05) is 0 Å². The molecule has 1 saturated heterocycles. The van der Waals surface area contributed by atoms with Crippen LogP contribution in [0.15, 0.2) is 16.9 Å². The summed E-state index contributed by atoms with van der Waals surface area (Å²) in [7, 11) is 0. The Bertz CT molecular complexity index is 423. The lowest BCUT2D eigenvalue weighted by Gasteiger charge is -2.34. The Balaban J connectivity index is 2.03. The van der Waals surface area contributed by atoms with Gasteiger partial charge < -0.3 is 16.4 Å². The smallest absolute Gasteiger partial charge is 0.217 e. The molecule has 4 N–H and O–H groups in total. The third-order valence-electron chi connectivity index (χ3n) is 3.32. The molecule has 0 aliphatic carbocycles. The van der Waals surface area contributed by atoms with E-state index in [1.54, 1.807) is 12.4 Å². The van der Waals surface area contributed by atoms with Crippen LogP contribution in [0.2, 0.25) is 0 Å². The summed E-state index contributed by atoms with van der Waals surface area (Å²) in [4.78, 5) is 17.2. The van der Waals surface area contributed by atoms with E-state index in [9.17, 15) is 4.79 Å². The number of carbonyl (C=O) groups excluding carboxylic acids is 1. The second-order valence-electron chi connectivity index (χ2n) is 4.66. The SMILES string of the molecule is NC(=O)CC1CCN(c2c(N)cncc2Br)CC1. The number of primary amides is 1. The summed E-state index contributed by atoms with van der Waals surface area (Å²) in [5.74, 6) is 0.193. The van der Waals surface area contributed by atoms with Crippen LogP contribution in [0.1, 0.15) is 19.3 Å². The minimum absolute atomic E-state index is 0.210. The van der Waals surface area contributed by atoms with E-state index in [0.29, 0.717) is 18.0 Å². The molecule has 0 bridgehead atoms. The van der Waals surface area contributed by atoms with Gasteiger partial charge in [0.1, 0.15) is 0 Å². The van der Waals surface area contributed by atoms with E-state index < -0.39 is 0 Å². The molecule has 0 aromatic carbocycles. The standard InChI is InChI=1S/C12H17BrN4O/c13-9-6-16-7-10(14)12(9)17-3-1-8(2-4-17)5-11(15)18/h6-8H,1-5,14H2,(H2,15,18). The lowest BCUT2D eigenvalue weighted by Crippen LogP contribution is -2.35. The van der Waals surface area contributed by atoms with Gasteiger partial charge in [0, 0.05) is 25.7 Å². The lowest BCUT2D eigenvalue weighted by molar-refractivity contribution is -0.119. The average Bonchev–Trinajstić information content (AvgIpc) is 2.30. The van der Waals surface area contributed by atoms with E-state index in [1.807, 2.05) is 0 Å². The van der Waals surface area contributed by atoms with Crippen LogP contribution in [0.4, 0.5) is 11.4 Å². The van der Waals surface area contributed by atoms with E-state index in [0.717, 1.165) is 36.1 Å². The van der Waals surface area contributed by atoms with E-state index in [4.69, 9.17) is 11.5 Å². The van der Waals surface area contributed by atoms with Crippen molar-refractivity contribution in [3.63, 3.8) is 0 Å². The van der Waals surface area contributed by atoms with Gasteiger partial charge in [-0.15, -0.1) is 0 Å². The molecule has 2 heterocycles. The number of anilines is 2. The van der Waals surface area contributed by atoms with Crippen molar-refractivity contribution in [2.45, 2.75) is 19.3 Å². The zero-order chi connectivity index (χ0) is 13.1. The van der Waals surface area contributed by atoms with Gasteiger partial charge in [0.15, 0.2) is 0 Å². The van der Waals surface area contributed by atoms with Crippen LogP contribution in [0.25, 0.3) is 0 Å². The molecule has 98 valence electrons. The number of piperidine rings is 1. The van der Waals surface area contributed by atoms with Crippen LogP contribution in [0.5, 0.6) is 0 Å². The highest BCUT2D eigenvalue weighted by Crippen LogP contribution is 2.34. The molecule has 6 heteroatoms. The van der Waals surface area contributed by atoms with Crippen LogP contribution >= 0.6 is 15.9 Å². The molecule has 18 heavy (non-hydrogen) atoms. The Kier molecular flexibility index (Phi) is 4.06. The Morgan fingerprint density at radius 2 is 2.11 bits per heavy atom. The van der Waals surface area contributed by atoms with Crippen molar-refractivity contribution < 1.29 is 4.79 Å². The number of hydrogen-bond donors (Lipinski definition) is 2. The van der Waals surface area contributed by atoms with Crippen molar-refractivity contribution in [1.82, 2.24) is 4.98 Å². The van der Waals surface area contributed by atoms with Crippen molar-refractivity contribution >= 4 is 33.2 Å². The predicted octanol–water partition coefficient (Wildman–Crippen LogP) is 1.52. The van der Waals surface area contributed by atoms with Crippen LogP contribution < -0.4 is 16.4 Å². The molecule has 1 aromatic heterocycles. The highest BCUT2D eigenvalue weighted by Gasteiger charge is 2.23. The first-order valence-electron chi connectivity index (χ1n) is 6.00. The van der Waals surface area contributed by atoms with E-state index in [-0.39, 0.29) is 5.91 Å². The first-order valence-corrected chi connectivity index (χ1v) is 6.79. The lowest BCUT2D eigenvalue weighted by atomic mass is 9.93. The maximum Gasteiger partial charge on any atom is 0.217 e. The minimum atomic E-state index is -0.210. The second kappa shape index (κ2) is 5.56. The van der Waals surface area contributed by atoms with Gasteiger partial charge in [0.25, 0.3) is 0 Å². The van der Waals surface area contributed by atoms with Crippen molar-refractivity contribution in [3.8, 4) is 0 Å². The largest absolute Gasteiger partial charge is 0.396 e. The minimum Gasteiger partial charge on any atom is -0.396 e. The molecule has 0 unspecified atom stereocenters. The van der Waals surface area contributed by atoms with E-state index in [1.165, 1.54) is 0 Å². The van der Waals surface area contributed by atoms with E-state index in [2.05, 4.69) is 25.8 Å². The summed E-state index contributed by atoms with van der Waals surface area (Å²) < 4.78 is 0.913. The number of halogens is 1. The van der Waals surface area contributed by atoms with Gasteiger partial charge in [0.2, 0.25) is 5.91 Å². The molecule has 2 rings (SSSR count). The predicted molar refractivity (Wildman–Crippen MR) is 75.1 cm³/mol. The van der Waals surface area contributed by atoms with Crippen LogP contribution in [-0.4, -0.2) is 24.0 Å². The number of nitrogen functional groups attached to an aromatic ring is 1. The molecule has 1 aliphatic heterocycles. The number of aromatic nitrogens is 1. The molecular formula is C12H17BrN4O. The molecule has 1 aromatic rings. The van der Waals surface area contributed by atoms with Crippen molar-refractivity contribution in [3.05, 3.63) is 16.9 Å². The van der Waals surface area contributed by atoms with Gasteiger partial charge in [-0.3, -0.25) is 9.78 Å². The van der Waals surface area contributed by atoms with E-state index >= 15 is 0 Å². The summed E-state index contributed by atoms with van der Waals surface area (Å²) in [5, 5.41) is 0. The first-order chi connectivity index (χ1) is 8.58. The molecule has 0 spiro atoms. The van der Waals surface area contributed by atoms with Gasteiger partial charge in [-0.05, 0) is 34.7 Å². The fraction of sp³-hybridized carbons (Fsp3) is 0.500. The van der Waals surface area contributed by atoms with Gasteiger partial charge in [0.05, 0.1) is 22.0 Å². The number of rotatable bonds is 3. The molecule has 1 amide bonds. The highest BCUT2D eigenvalue weighted by atomic mass is 79.9. The van der Waals surface area contributed by atoms with Crippen LogP contribution in [-0.2, 0) is 4.79 Å².